The van der Waals surface area contributed by atoms with Crippen molar-refractivity contribution < 1.29 is 8.83 Å². The third-order valence-electron chi connectivity index (χ3n) is 26.6. The molecule has 21 aromatic carbocycles. The molecule has 630 valence electrons. The molecule has 0 saturated carbocycles. The molecule has 0 unspecified atom stereocenters. The molecule has 0 spiro atoms. The maximum Gasteiger partial charge on any atom is 0.160 e. The molecule has 1 aliphatic carbocycles. The Morgan fingerprint density at radius 3 is 0.896 bits per heavy atom. The fourth-order valence-electron chi connectivity index (χ4n) is 19.9. The van der Waals surface area contributed by atoms with Gasteiger partial charge in [0.1, 0.15) is 22.3 Å². The van der Waals surface area contributed by atoms with Crippen LogP contribution in [0.4, 0.5) is 0 Å². The summed E-state index contributed by atoms with van der Waals surface area (Å²) in [5, 5.41) is 14.9. The zero-order valence-corrected chi connectivity index (χ0v) is 73.2. The normalized spacial score (nSPS) is 11.7. The van der Waals surface area contributed by atoms with Crippen LogP contribution in [0.2, 0.25) is 0 Å². The summed E-state index contributed by atoms with van der Waals surface area (Å²) in [6.45, 7) is 0. The van der Waals surface area contributed by atoms with Crippen LogP contribution in [0.3, 0.4) is 0 Å². The fourth-order valence-corrected chi connectivity index (χ4v) is 19.9. The number of rotatable bonds is 12. The Kier molecular flexibility index (Phi) is 19.8. The highest BCUT2D eigenvalue weighted by Crippen LogP contribution is 2.46. The summed E-state index contributed by atoms with van der Waals surface area (Å²) in [7, 11) is 0. The quantitative estimate of drug-likeness (QED) is 0.119. The molecule has 1 aliphatic rings. The number of benzene rings is 21. The second kappa shape index (κ2) is 33.8. The number of hydrogen-bond acceptors (Lipinski definition) is 8. The van der Waals surface area contributed by atoms with Crippen LogP contribution in [0.5, 0.6) is 0 Å². The lowest BCUT2D eigenvalue weighted by molar-refractivity contribution is 0.672. The predicted octanol–water partition coefficient (Wildman–Crippen LogP) is 33.7. The molecule has 27 rings (SSSR count). The minimum Gasteiger partial charge on any atom is -0.455 e. The van der Waals surface area contributed by atoms with Crippen molar-refractivity contribution in [1.29, 1.82) is 0 Å². The Morgan fingerprint density at radius 1 is 0.156 bits per heavy atom. The summed E-state index contributed by atoms with van der Waals surface area (Å²) >= 11 is 0. The second-order valence-electron chi connectivity index (χ2n) is 34.5. The van der Waals surface area contributed by atoms with Crippen molar-refractivity contribution in [2.24, 2.45) is 0 Å². The lowest BCUT2D eigenvalue weighted by atomic mass is 9.92. The predicted molar refractivity (Wildman–Crippen MR) is 559 cm³/mol. The van der Waals surface area contributed by atoms with Gasteiger partial charge in [-0.3, -0.25) is 0 Å². The van der Waals surface area contributed by atoms with E-state index in [-0.39, 0.29) is 0 Å². The van der Waals surface area contributed by atoms with Gasteiger partial charge in [0.2, 0.25) is 0 Å². The summed E-state index contributed by atoms with van der Waals surface area (Å²) in [4.78, 5) is 30.2. The Balaban J connectivity index is 0.000000109. The van der Waals surface area contributed by atoms with Gasteiger partial charge in [-0.25, -0.2) is 29.9 Å². The lowest BCUT2D eigenvalue weighted by Crippen LogP contribution is -1.95. The van der Waals surface area contributed by atoms with E-state index in [1.807, 2.05) is 78.9 Å². The first-order valence-electron chi connectivity index (χ1n) is 45.8. The van der Waals surface area contributed by atoms with Gasteiger partial charge in [0.05, 0.1) is 33.6 Å². The van der Waals surface area contributed by atoms with E-state index in [4.69, 9.17) is 38.7 Å². The summed E-state index contributed by atoms with van der Waals surface area (Å²) < 4.78 is 12.6. The first-order chi connectivity index (χ1) is 66.9. The van der Waals surface area contributed by atoms with E-state index in [1.165, 1.54) is 88.3 Å². The van der Waals surface area contributed by atoms with Crippen molar-refractivity contribution in [3.63, 3.8) is 0 Å². The molecule has 0 bridgehead atoms. The van der Waals surface area contributed by atoms with Crippen molar-refractivity contribution in [3.8, 4) is 146 Å². The molecule has 26 aromatic rings. The van der Waals surface area contributed by atoms with Gasteiger partial charge in [-0.2, -0.15) is 0 Å². The third kappa shape index (κ3) is 14.6. The Hall–Kier alpha value is -18.0. The minimum absolute atomic E-state index is 0.719. The van der Waals surface area contributed by atoms with Gasteiger partial charge in [0, 0.05) is 81.9 Å². The molecule has 5 heterocycles. The second-order valence-corrected chi connectivity index (χ2v) is 34.5. The SMILES string of the molecule is c1ccc(-c2ccc(-c3cccc(-c4nc(-c5ccc(-c6cccc7c8c(ccc67)-c6ccccc6C8)cc5)c5ccccc5n4)c3)cc2)cc1.c1ccc(-c2ccc(-c3nc(-c4ccc(-c5cccc6c5ccc5c7ccccc7oc65)cc4)c4ccccc4n3)cc2)cc1.c1ccc(-c2nc(-c3ccc(-c4cccc5c4ccc4c6ccccc6oc54)cc3)c3ccccc3n2)cc1. The van der Waals surface area contributed by atoms with Crippen LogP contribution in [0.15, 0.2) is 482 Å². The fraction of sp³-hybridized carbons (Fsp3) is 0.00787. The summed E-state index contributed by atoms with van der Waals surface area (Å²) in [6, 6.07) is 166. The molecule has 135 heavy (non-hydrogen) atoms. The topological polar surface area (TPSA) is 104 Å². The molecule has 0 amide bonds. The van der Waals surface area contributed by atoms with Crippen molar-refractivity contribution >= 4 is 109 Å². The van der Waals surface area contributed by atoms with E-state index in [0.717, 1.165) is 184 Å². The average molecular weight is 1720 g/mol. The van der Waals surface area contributed by atoms with Gasteiger partial charge in [-0.1, -0.05) is 425 Å². The number of hydrogen-bond donors (Lipinski definition) is 0. The number of para-hydroxylation sites is 5. The van der Waals surface area contributed by atoms with Crippen molar-refractivity contribution in [2.45, 2.75) is 6.42 Å². The van der Waals surface area contributed by atoms with Crippen molar-refractivity contribution in [2.75, 3.05) is 0 Å². The summed E-state index contributed by atoms with van der Waals surface area (Å²) in [5.41, 5.74) is 35.3. The number of fused-ring (bicyclic) bond motifs is 18. The van der Waals surface area contributed by atoms with Crippen LogP contribution in [0.25, 0.3) is 255 Å². The van der Waals surface area contributed by atoms with E-state index >= 15 is 0 Å². The van der Waals surface area contributed by atoms with Gasteiger partial charge in [0.15, 0.2) is 17.5 Å². The van der Waals surface area contributed by atoms with Crippen LogP contribution in [0.1, 0.15) is 11.1 Å². The van der Waals surface area contributed by atoms with Crippen LogP contribution in [0, 0.1) is 0 Å². The Bertz CT molecular complexity index is 9090. The largest absolute Gasteiger partial charge is 0.455 e. The highest BCUT2D eigenvalue weighted by Gasteiger charge is 2.24. The minimum atomic E-state index is 0.719. The Labute approximate surface area is 778 Å². The standard InChI is InChI=1S/C49H32N2.C42H26N2O.C36H22N2O/c1-2-10-32(11-3-1)33-20-22-34(23-21-33)37-13-8-14-39(30-37)49-50-47-19-7-6-16-45(47)48(51-49)36-26-24-35(25-27-36)40-17-9-18-42-43(40)28-29-44-41-15-5-4-12-38(41)31-46(42)44;1-2-9-27(10-3-1)28-17-23-31(24-18-28)42-43-38-15-6-4-12-37(38)40(44-42)30-21-19-29(20-22-30)32-13-8-14-35-33(32)25-26-36-34-11-5-7-16-39(34)45-41(35)36;1-2-9-25(10-3-1)36-37-32-15-6-4-12-31(32)34(38-36)24-19-17-23(18-20-24)26-13-8-14-29-27(26)21-22-30-28-11-5-7-16-33(28)39-35(29)30/h1-30H,31H2;1-26H;1-22H. The van der Waals surface area contributed by atoms with Crippen LogP contribution in [-0.2, 0) is 6.42 Å². The smallest absolute Gasteiger partial charge is 0.160 e. The molecule has 8 heteroatoms. The monoisotopic (exact) mass is 1720 g/mol. The van der Waals surface area contributed by atoms with E-state index < -0.39 is 0 Å². The van der Waals surface area contributed by atoms with E-state index in [9.17, 15) is 0 Å². The first kappa shape index (κ1) is 79.2. The molecule has 0 radical (unpaired) electrons. The molecule has 0 aliphatic heterocycles. The molecular weight excluding hydrogens is 1640 g/mol. The van der Waals surface area contributed by atoms with Crippen LogP contribution < -0.4 is 0 Å². The molecule has 5 aromatic heterocycles. The van der Waals surface area contributed by atoms with Gasteiger partial charge in [0.25, 0.3) is 0 Å². The van der Waals surface area contributed by atoms with Gasteiger partial charge < -0.3 is 8.83 Å². The summed E-state index contributed by atoms with van der Waals surface area (Å²) in [6.07, 6.45) is 0.984. The van der Waals surface area contributed by atoms with Crippen LogP contribution in [-0.4, -0.2) is 29.9 Å². The highest BCUT2D eigenvalue weighted by molar-refractivity contribution is 6.19. The maximum atomic E-state index is 6.34. The molecule has 0 atom stereocenters. The van der Waals surface area contributed by atoms with Crippen molar-refractivity contribution in [3.05, 3.63) is 484 Å². The van der Waals surface area contributed by atoms with Crippen molar-refractivity contribution in [1.82, 2.24) is 29.9 Å². The Morgan fingerprint density at radius 2 is 0.437 bits per heavy atom. The summed E-state index contributed by atoms with van der Waals surface area (Å²) in [5.74, 6) is 2.17. The maximum absolute atomic E-state index is 6.34. The van der Waals surface area contributed by atoms with Gasteiger partial charge in [-0.05, 0) is 166 Å². The highest BCUT2D eigenvalue weighted by atomic mass is 16.3. The number of nitrogens with zero attached hydrogens (tertiary/aromatic N) is 6. The first-order valence-corrected chi connectivity index (χ1v) is 45.8. The molecule has 0 saturated heterocycles. The molecule has 8 nitrogen and oxygen atoms in total. The molecular formula is C127H80N6O2. The van der Waals surface area contributed by atoms with Crippen LogP contribution >= 0.6 is 0 Å². The zero-order chi connectivity index (χ0) is 89.2. The number of aromatic nitrogens is 6. The van der Waals surface area contributed by atoms with Gasteiger partial charge in [-0.15, -0.1) is 0 Å². The van der Waals surface area contributed by atoms with E-state index in [1.54, 1.807) is 0 Å². The molecule has 0 fully saturated rings. The lowest BCUT2D eigenvalue weighted by Gasteiger charge is -2.13. The average Bonchev–Trinajstić information content (AvgIpc) is 1.70. The molecule has 0 N–H and O–H groups in total. The van der Waals surface area contributed by atoms with Gasteiger partial charge >= 0.3 is 0 Å². The zero-order valence-electron chi connectivity index (χ0n) is 73.2. The number of furan rings is 2. The van der Waals surface area contributed by atoms with E-state index in [2.05, 4.69) is 394 Å². The third-order valence-corrected chi connectivity index (χ3v) is 26.6. The van der Waals surface area contributed by atoms with E-state index in [0.29, 0.717) is 0 Å².